The molecular weight excluding hydrogens is 467 g/mol. The molecule has 0 spiro atoms. The van der Waals surface area contributed by atoms with E-state index in [2.05, 4.69) is 42.4 Å². The Morgan fingerprint density at radius 1 is 1.31 bits per heavy atom. The molecule has 0 radical (unpaired) electrons. The maximum atomic E-state index is 11.0. The molecule has 2 heterocycles. The Labute approximate surface area is 173 Å². The Bertz CT molecular complexity index is 672. The van der Waals surface area contributed by atoms with E-state index in [-0.39, 0.29) is 24.0 Å². The largest absolute Gasteiger partial charge is 0.356 e. The number of aryl methyl sites for hydroxylation is 1. The Kier molecular flexibility index (Phi) is 9.58. The molecule has 1 fully saturated rings. The Morgan fingerprint density at radius 3 is 2.54 bits per heavy atom. The van der Waals surface area contributed by atoms with Gasteiger partial charge in [0.2, 0.25) is 10.0 Å². The normalized spacial score (nSPS) is 16.1. The quantitative estimate of drug-likeness (QED) is 0.232. The van der Waals surface area contributed by atoms with E-state index in [1.807, 2.05) is 13.1 Å². The van der Waals surface area contributed by atoms with Crippen LogP contribution in [-0.2, 0) is 10.0 Å². The number of hydrogen-bond donors (Lipinski definition) is 3. The number of hydrogen-bond acceptors (Lipinski definition) is 5. The van der Waals surface area contributed by atoms with Crippen LogP contribution in [0.1, 0.15) is 18.4 Å². The van der Waals surface area contributed by atoms with Crippen LogP contribution in [0.5, 0.6) is 0 Å². The third-order valence-electron chi connectivity index (χ3n) is 4.06. The van der Waals surface area contributed by atoms with Gasteiger partial charge in [0.05, 0.1) is 6.26 Å². The molecule has 2 rings (SSSR count). The first kappa shape index (κ1) is 22.9. The minimum atomic E-state index is -3.15. The van der Waals surface area contributed by atoms with Gasteiger partial charge in [-0.3, -0.25) is 4.99 Å². The van der Waals surface area contributed by atoms with Crippen molar-refractivity contribution >= 4 is 45.8 Å². The van der Waals surface area contributed by atoms with Gasteiger partial charge in [0, 0.05) is 45.5 Å². The Balaban J connectivity index is 0.00000338. The second-order valence-electron chi connectivity index (χ2n) is 6.26. The third kappa shape index (κ3) is 8.04. The van der Waals surface area contributed by atoms with Crippen molar-refractivity contribution in [3.8, 4) is 0 Å². The second-order valence-corrected chi connectivity index (χ2v) is 8.10. The van der Waals surface area contributed by atoms with Crippen molar-refractivity contribution in [1.82, 2.24) is 20.3 Å². The molecule has 148 valence electrons. The molecule has 0 aromatic carbocycles. The van der Waals surface area contributed by atoms with Crippen LogP contribution in [0.4, 0.5) is 5.82 Å². The molecule has 1 aromatic rings. The van der Waals surface area contributed by atoms with Crippen molar-refractivity contribution in [3.63, 3.8) is 0 Å². The van der Waals surface area contributed by atoms with Gasteiger partial charge < -0.3 is 15.5 Å². The molecule has 0 saturated carbocycles. The van der Waals surface area contributed by atoms with Crippen molar-refractivity contribution < 1.29 is 8.42 Å². The van der Waals surface area contributed by atoms with E-state index in [0.717, 1.165) is 38.0 Å². The predicted molar refractivity (Wildman–Crippen MR) is 117 cm³/mol. The van der Waals surface area contributed by atoms with Gasteiger partial charge in [-0.25, -0.2) is 18.1 Å². The number of halogens is 1. The number of anilines is 1. The van der Waals surface area contributed by atoms with Gasteiger partial charge in [-0.2, -0.15) is 0 Å². The van der Waals surface area contributed by atoms with E-state index < -0.39 is 10.0 Å². The lowest BCUT2D eigenvalue weighted by Crippen LogP contribution is -2.49. The molecular formula is C16H29IN6O2S. The summed E-state index contributed by atoms with van der Waals surface area (Å²) in [6.07, 6.45) is 5.04. The number of guanidine groups is 1. The monoisotopic (exact) mass is 496 g/mol. The van der Waals surface area contributed by atoms with E-state index in [9.17, 15) is 8.42 Å². The van der Waals surface area contributed by atoms with Gasteiger partial charge in [-0.15, -0.1) is 24.0 Å². The summed E-state index contributed by atoms with van der Waals surface area (Å²) in [6.45, 7) is 4.74. The van der Waals surface area contributed by atoms with E-state index in [1.165, 1.54) is 5.56 Å². The third-order valence-corrected chi connectivity index (χ3v) is 4.79. The smallest absolute Gasteiger partial charge is 0.208 e. The highest BCUT2D eigenvalue weighted by molar-refractivity contribution is 14.0. The van der Waals surface area contributed by atoms with Crippen LogP contribution in [0.25, 0.3) is 0 Å². The molecule has 0 unspecified atom stereocenters. The van der Waals surface area contributed by atoms with Gasteiger partial charge >= 0.3 is 0 Å². The lowest BCUT2D eigenvalue weighted by Gasteiger charge is -2.33. The highest BCUT2D eigenvalue weighted by Gasteiger charge is 2.20. The van der Waals surface area contributed by atoms with E-state index in [0.29, 0.717) is 25.1 Å². The minimum absolute atomic E-state index is 0. The molecule has 1 aliphatic heterocycles. The first-order chi connectivity index (χ1) is 11.9. The fourth-order valence-corrected chi connectivity index (χ4v) is 3.18. The standard InChI is InChI=1S/C16H28N6O2S.HI/c1-13-4-5-15(19-12-13)22-10-6-14(7-11-22)21-16(17-2)18-8-9-20-25(3,23)24;/h4-5,12,14,20H,6-11H2,1-3H3,(H2,17,18,21);1H. The summed E-state index contributed by atoms with van der Waals surface area (Å²) >= 11 is 0. The number of sulfonamides is 1. The minimum Gasteiger partial charge on any atom is -0.356 e. The number of nitrogens with one attached hydrogen (secondary N) is 3. The molecule has 3 N–H and O–H groups in total. The van der Waals surface area contributed by atoms with Crippen LogP contribution < -0.4 is 20.3 Å². The van der Waals surface area contributed by atoms with Crippen LogP contribution in [0, 0.1) is 6.92 Å². The van der Waals surface area contributed by atoms with Gasteiger partial charge in [0.25, 0.3) is 0 Å². The molecule has 1 aliphatic rings. The SMILES string of the molecule is CN=C(NCCNS(C)(=O)=O)NC1CCN(c2ccc(C)cn2)CC1.I. The molecule has 1 aromatic heterocycles. The molecule has 0 atom stereocenters. The molecule has 8 nitrogen and oxygen atoms in total. The van der Waals surface area contributed by atoms with Crippen LogP contribution in [0.3, 0.4) is 0 Å². The molecule has 10 heteroatoms. The lowest BCUT2D eigenvalue weighted by molar-refractivity contribution is 0.459. The summed E-state index contributed by atoms with van der Waals surface area (Å²) in [5.41, 5.74) is 1.17. The summed E-state index contributed by atoms with van der Waals surface area (Å²) in [5.74, 6) is 1.72. The van der Waals surface area contributed by atoms with Gasteiger partial charge in [0.1, 0.15) is 5.82 Å². The first-order valence-electron chi connectivity index (χ1n) is 8.47. The molecule has 0 amide bonds. The average molecular weight is 496 g/mol. The Hall–Kier alpha value is -1.14. The molecule has 0 bridgehead atoms. The van der Waals surface area contributed by atoms with Gasteiger partial charge in [0.15, 0.2) is 5.96 Å². The maximum Gasteiger partial charge on any atom is 0.208 e. The van der Waals surface area contributed by atoms with Crippen molar-refractivity contribution in [2.75, 3.05) is 44.4 Å². The van der Waals surface area contributed by atoms with Crippen molar-refractivity contribution in [3.05, 3.63) is 23.9 Å². The number of aromatic nitrogens is 1. The fraction of sp³-hybridized carbons (Fsp3) is 0.625. The first-order valence-corrected chi connectivity index (χ1v) is 10.4. The zero-order chi connectivity index (χ0) is 18.3. The zero-order valence-electron chi connectivity index (χ0n) is 15.5. The van der Waals surface area contributed by atoms with Crippen molar-refractivity contribution in [1.29, 1.82) is 0 Å². The highest BCUT2D eigenvalue weighted by Crippen LogP contribution is 2.17. The summed E-state index contributed by atoms with van der Waals surface area (Å²) in [7, 11) is -1.44. The van der Waals surface area contributed by atoms with Crippen LogP contribution in [0.15, 0.2) is 23.3 Å². The second kappa shape index (κ2) is 10.9. The summed E-state index contributed by atoms with van der Waals surface area (Å²) in [5, 5.41) is 6.52. The van der Waals surface area contributed by atoms with Crippen molar-refractivity contribution in [2.24, 2.45) is 4.99 Å². The zero-order valence-corrected chi connectivity index (χ0v) is 18.7. The summed E-state index contributed by atoms with van der Waals surface area (Å²) < 4.78 is 24.5. The molecule has 0 aliphatic carbocycles. The fourth-order valence-electron chi connectivity index (χ4n) is 2.71. The number of nitrogens with zero attached hydrogens (tertiary/aromatic N) is 3. The number of pyridine rings is 1. The number of aliphatic imine (C=N–C) groups is 1. The molecule has 26 heavy (non-hydrogen) atoms. The number of piperidine rings is 1. The van der Waals surface area contributed by atoms with Crippen LogP contribution in [-0.4, -0.2) is 64.9 Å². The maximum absolute atomic E-state index is 11.0. The molecule has 1 saturated heterocycles. The van der Waals surface area contributed by atoms with Crippen LogP contribution in [0.2, 0.25) is 0 Å². The number of rotatable bonds is 6. The Morgan fingerprint density at radius 2 is 2.00 bits per heavy atom. The van der Waals surface area contributed by atoms with Crippen LogP contribution >= 0.6 is 24.0 Å². The van der Waals surface area contributed by atoms with E-state index in [4.69, 9.17) is 0 Å². The summed E-state index contributed by atoms with van der Waals surface area (Å²) in [6, 6.07) is 4.50. The van der Waals surface area contributed by atoms with E-state index >= 15 is 0 Å². The summed E-state index contributed by atoms with van der Waals surface area (Å²) in [4.78, 5) is 11.0. The van der Waals surface area contributed by atoms with Gasteiger partial charge in [-0.1, -0.05) is 6.07 Å². The average Bonchev–Trinajstić information content (AvgIpc) is 2.58. The lowest BCUT2D eigenvalue weighted by atomic mass is 10.1. The highest BCUT2D eigenvalue weighted by atomic mass is 127. The van der Waals surface area contributed by atoms with E-state index in [1.54, 1.807) is 7.05 Å². The topological polar surface area (TPSA) is 98.7 Å². The van der Waals surface area contributed by atoms with Gasteiger partial charge in [-0.05, 0) is 31.4 Å². The predicted octanol–water partition coefficient (Wildman–Crippen LogP) is 0.691. The van der Waals surface area contributed by atoms with Crippen molar-refractivity contribution in [2.45, 2.75) is 25.8 Å².